The third kappa shape index (κ3) is 3.67. The Labute approximate surface area is 161 Å². The predicted molar refractivity (Wildman–Crippen MR) is 109 cm³/mol. The van der Waals surface area contributed by atoms with E-state index in [-0.39, 0.29) is 5.56 Å². The second kappa shape index (κ2) is 7.45. The van der Waals surface area contributed by atoms with E-state index in [1.54, 1.807) is 11.3 Å². The molecule has 0 radical (unpaired) electrons. The van der Waals surface area contributed by atoms with Gasteiger partial charge in [-0.3, -0.25) is 4.79 Å². The Kier molecular flexibility index (Phi) is 5.05. The number of ether oxygens (including phenoxy) is 1. The molecule has 2 aromatic heterocycles. The molecule has 0 saturated carbocycles. The summed E-state index contributed by atoms with van der Waals surface area (Å²) < 4.78 is 5.84. The quantitative estimate of drug-likeness (QED) is 0.394. The molecule has 0 atom stereocenters. The maximum atomic E-state index is 12.5. The van der Waals surface area contributed by atoms with Gasteiger partial charge in [-0.1, -0.05) is 17.8 Å². The molecule has 1 N–H and O–H groups in total. The number of nitrogens with zero attached hydrogens (tertiary/aromatic N) is 1. The Hall–Kier alpha value is -1.79. The first kappa shape index (κ1) is 17.6. The van der Waals surface area contributed by atoms with Crippen LogP contribution in [0.5, 0.6) is 5.75 Å². The highest BCUT2D eigenvalue weighted by molar-refractivity contribution is 7.99. The number of thiophene rings is 1. The van der Waals surface area contributed by atoms with E-state index in [0.29, 0.717) is 11.8 Å². The largest absolute Gasteiger partial charge is 0.493 e. The normalized spacial score (nSPS) is 13.8. The maximum absolute atomic E-state index is 12.5. The van der Waals surface area contributed by atoms with Gasteiger partial charge in [0.05, 0.1) is 12.0 Å². The second-order valence-electron chi connectivity index (χ2n) is 6.78. The number of aromatic amines is 1. The van der Waals surface area contributed by atoms with Gasteiger partial charge in [0.2, 0.25) is 0 Å². The predicted octanol–water partition coefficient (Wildman–Crippen LogP) is 4.65. The molecule has 0 bridgehead atoms. The molecular formula is C20H22N2O2S2. The number of nitrogens with one attached hydrogen (secondary N) is 1. The first-order valence-corrected chi connectivity index (χ1v) is 10.8. The zero-order valence-electron chi connectivity index (χ0n) is 15.1. The van der Waals surface area contributed by atoms with E-state index in [2.05, 4.69) is 29.9 Å². The van der Waals surface area contributed by atoms with Crippen LogP contribution in [0.15, 0.2) is 28.2 Å². The number of fused-ring (bicyclic) bond motifs is 3. The number of thioether (sulfide) groups is 1. The van der Waals surface area contributed by atoms with Gasteiger partial charge in [0.1, 0.15) is 10.6 Å². The molecule has 136 valence electrons. The molecule has 0 fully saturated rings. The van der Waals surface area contributed by atoms with E-state index < -0.39 is 0 Å². The molecule has 3 aromatic rings. The number of hydrogen-bond donors (Lipinski definition) is 1. The minimum atomic E-state index is 0.00660. The lowest BCUT2D eigenvalue weighted by atomic mass is 9.97. The van der Waals surface area contributed by atoms with Gasteiger partial charge in [-0.15, -0.1) is 11.3 Å². The summed E-state index contributed by atoms with van der Waals surface area (Å²) in [5.74, 6) is 1.64. The average Bonchev–Trinajstić information content (AvgIpc) is 2.96. The Morgan fingerprint density at radius 2 is 1.96 bits per heavy atom. The van der Waals surface area contributed by atoms with Crippen LogP contribution in [0.4, 0.5) is 0 Å². The molecule has 1 aliphatic carbocycles. The number of aryl methyl sites for hydroxylation is 4. The number of hydrogen-bond acceptors (Lipinski definition) is 5. The van der Waals surface area contributed by atoms with Crippen LogP contribution in [0.2, 0.25) is 0 Å². The van der Waals surface area contributed by atoms with Crippen LogP contribution in [0.25, 0.3) is 10.2 Å². The Bertz CT molecular complexity index is 987. The van der Waals surface area contributed by atoms with Crippen LogP contribution in [-0.2, 0) is 12.8 Å². The first-order valence-electron chi connectivity index (χ1n) is 8.98. The topological polar surface area (TPSA) is 55.0 Å². The summed E-state index contributed by atoms with van der Waals surface area (Å²) in [6.45, 7) is 4.72. The summed E-state index contributed by atoms with van der Waals surface area (Å²) in [7, 11) is 0. The van der Waals surface area contributed by atoms with Crippen LogP contribution in [-0.4, -0.2) is 22.3 Å². The highest BCUT2D eigenvalue weighted by Gasteiger charge is 2.19. The third-order valence-corrected chi connectivity index (χ3v) is 6.61. The molecule has 6 heteroatoms. The molecule has 4 rings (SSSR count). The molecule has 4 nitrogen and oxygen atoms in total. The average molecular weight is 387 g/mol. The number of aromatic nitrogens is 2. The summed E-state index contributed by atoms with van der Waals surface area (Å²) in [6.07, 6.45) is 4.48. The van der Waals surface area contributed by atoms with E-state index in [1.165, 1.54) is 46.2 Å². The van der Waals surface area contributed by atoms with E-state index in [4.69, 9.17) is 4.74 Å². The minimum Gasteiger partial charge on any atom is -0.493 e. The molecule has 0 spiro atoms. The summed E-state index contributed by atoms with van der Waals surface area (Å²) in [5, 5.41) is 1.51. The van der Waals surface area contributed by atoms with Crippen molar-refractivity contribution in [2.45, 2.75) is 44.7 Å². The van der Waals surface area contributed by atoms with Crippen molar-refractivity contribution < 1.29 is 4.74 Å². The molecule has 26 heavy (non-hydrogen) atoms. The fourth-order valence-corrected chi connectivity index (χ4v) is 5.53. The van der Waals surface area contributed by atoms with Crippen molar-refractivity contribution in [2.24, 2.45) is 0 Å². The van der Waals surface area contributed by atoms with E-state index in [0.717, 1.165) is 34.6 Å². The monoisotopic (exact) mass is 386 g/mol. The third-order valence-electron chi connectivity index (χ3n) is 4.59. The molecule has 1 aliphatic rings. The molecule has 2 heterocycles. The standard InChI is InChI=1S/C20H22N2O2S2/c1-12-9-13(2)11-14(10-12)24-7-8-25-20-21-18(23)17-15-5-3-4-6-16(15)26-19(17)22-20/h9-11H,3-8H2,1-2H3,(H,21,22,23). The van der Waals surface area contributed by atoms with Crippen molar-refractivity contribution in [2.75, 3.05) is 12.4 Å². The zero-order valence-corrected chi connectivity index (χ0v) is 16.7. The Balaban J connectivity index is 1.43. The Morgan fingerprint density at radius 3 is 2.77 bits per heavy atom. The van der Waals surface area contributed by atoms with E-state index >= 15 is 0 Å². The van der Waals surface area contributed by atoms with Crippen LogP contribution in [0, 0.1) is 13.8 Å². The van der Waals surface area contributed by atoms with Gasteiger partial charge in [0, 0.05) is 10.6 Å². The lowest BCUT2D eigenvalue weighted by molar-refractivity contribution is 0.343. The molecule has 0 unspecified atom stereocenters. The molecule has 0 amide bonds. The fourth-order valence-electron chi connectivity index (χ4n) is 3.53. The molecule has 1 aromatic carbocycles. The SMILES string of the molecule is Cc1cc(C)cc(OCCSc2nc3sc4c(c3c(=O)[nH]2)CCCC4)c1. The minimum absolute atomic E-state index is 0.00660. The van der Waals surface area contributed by atoms with Gasteiger partial charge in [-0.05, 0) is 68.4 Å². The smallest absolute Gasteiger partial charge is 0.260 e. The van der Waals surface area contributed by atoms with Crippen molar-refractivity contribution in [3.63, 3.8) is 0 Å². The van der Waals surface area contributed by atoms with Gasteiger partial charge >= 0.3 is 0 Å². The lowest BCUT2D eigenvalue weighted by Gasteiger charge is -2.09. The number of benzene rings is 1. The summed E-state index contributed by atoms with van der Waals surface area (Å²) in [5.41, 5.74) is 3.64. The number of rotatable bonds is 5. The fraction of sp³-hybridized carbons (Fsp3) is 0.400. The van der Waals surface area contributed by atoms with Gasteiger partial charge < -0.3 is 9.72 Å². The number of H-pyrrole nitrogens is 1. The van der Waals surface area contributed by atoms with E-state index in [1.807, 2.05) is 12.1 Å². The summed E-state index contributed by atoms with van der Waals surface area (Å²) in [4.78, 5) is 22.4. The Morgan fingerprint density at radius 1 is 1.19 bits per heavy atom. The van der Waals surface area contributed by atoms with Crippen LogP contribution < -0.4 is 10.3 Å². The van der Waals surface area contributed by atoms with Crippen LogP contribution in [0.3, 0.4) is 0 Å². The summed E-state index contributed by atoms with van der Waals surface area (Å²) >= 11 is 3.23. The molecule has 0 saturated heterocycles. The van der Waals surface area contributed by atoms with Crippen molar-refractivity contribution >= 4 is 33.3 Å². The summed E-state index contributed by atoms with van der Waals surface area (Å²) in [6, 6.07) is 6.21. The van der Waals surface area contributed by atoms with Gasteiger partial charge in [0.25, 0.3) is 5.56 Å². The van der Waals surface area contributed by atoms with E-state index in [9.17, 15) is 4.79 Å². The molecular weight excluding hydrogens is 364 g/mol. The first-order chi connectivity index (χ1) is 12.6. The van der Waals surface area contributed by atoms with Gasteiger partial charge in [0.15, 0.2) is 5.16 Å². The molecule has 0 aliphatic heterocycles. The lowest BCUT2D eigenvalue weighted by Crippen LogP contribution is -2.11. The van der Waals surface area contributed by atoms with Gasteiger partial charge in [-0.2, -0.15) is 0 Å². The van der Waals surface area contributed by atoms with Crippen LogP contribution in [0.1, 0.15) is 34.4 Å². The van der Waals surface area contributed by atoms with Gasteiger partial charge in [-0.25, -0.2) is 4.98 Å². The van der Waals surface area contributed by atoms with Crippen molar-refractivity contribution in [3.8, 4) is 5.75 Å². The highest BCUT2D eigenvalue weighted by atomic mass is 32.2. The zero-order chi connectivity index (χ0) is 18.1. The maximum Gasteiger partial charge on any atom is 0.260 e. The highest BCUT2D eigenvalue weighted by Crippen LogP contribution is 2.34. The van der Waals surface area contributed by atoms with Crippen molar-refractivity contribution in [1.29, 1.82) is 0 Å². The second-order valence-corrected chi connectivity index (χ2v) is 8.95. The van der Waals surface area contributed by atoms with Crippen molar-refractivity contribution in [1.82, 2.24) is 9.97 Å². The van der Waals surface area contributed by atoms with Crippen molar-refractivity contribution in [3.05, 3.63) is 50.1 Å². The van der Waals surface area contributed by atoms with Crippen LogP contribution >= 0.6 is 23.1 Å².